The summed E-state index contributed by atoms with van der Waals surface area (Å²) in [6.45, 7) is 3.43. The molecule has 1 saturated carbocycles. The molecule has 2 aromatic rings. The third-order valence-electron chi connectivity index (χ3n) is 4.80. The lowest BCUT2D eigenvalue weighted by molar-refractivity contribution is -0.137. The van der Waals surface area contributed by atoms with Crippen LogP contribution in [0.15, 0.2) is 30.3 Å². The maximum atomic E-state index is 12.7. The van der Waals surface area contributed by atoms with E-state index in [4.69, 9.17) is 9.47 Å². The van der Waals surface area contributed by atoms with Gasteiger partial charge in [-0.3, -0.25) is 4.79 Å². The van der Waals surface area contributed by atoms with Gasteiger partial charge in [0.05, 0.1) is 5.56 Å². The topological polar surface area (TPSA) is 73.3 Å². The van der Waals surface area contributed by atoms with Gasteiger partial charge in [0, 0.05) is 17.4 Å². The van der Waals surface area contributed by atoms with Crippen LogP contribution in [0, 0.1) is 13.8 Å². The molecule has 1 aliphatic carbocycles. The van der Waals surface area contributed by atoms with Gasteiger partial charge in [0.1, 0.15) is 11.9 Å². The molecule has 1 fully saturated rings. The maximum Gasteiger partial charge on any atom is 0.416 e. The molecule has 1 aliphatic rings. The van der Waals surface area contributed by atoms with E-state index >= 15 is 0 Å². The van der Waals surface area contributed by atoms with Crippen molar-refractivity contribution in [2.24, 2.45) is 0 Å². The number of benzene rings is 1. The maximum absolute atomic E-state index is 12.7. The summed E-state index contributed by atoms with van der Waals surface area (Å²) in [6.07, 6.45) is -1.52. The standard InChI is InChI=1S/C21H24F3N3O3/c1-13-10-14(2)26-20(25-13)30-17-8-6-16(7-9-17)27-19(28)12-29-18-5-3-4-15(11-18)21(22,23)24/h3-5,10-11,16-17H,6-9,12H2,1-2H3,(H,27,28). The van der Waals surface area contributed by atoms with Crippen LogP contribution in [0.25, 0.3) is 0 Å². The van der Waals surface area contributed by atoms with E-state index in [9.17, 15) is 18.0 Å². The van der Waals surface area contributed by atoms with Gasteiger partial charge in [0.2, 0.25) is 0 Å². The van der Waals surface area contributed by atoms with Crippen molar-refractivity contribution in [2.75, 3.05) is 6.61 Å². The number of ether oxygens (including phenoxy) is 2. The average molecular weight is 423 g/mol. The van der Waals surface area contributed by atoms with Crippen LogP contribution in [0.4, 0.5) is 13.2 Å². The molecule has 1 amide bonds. The lowest BCUT2D eigenvalue weighted by Crippen LogP contribution is -2.41. The molecular weight excluding hydrogens is 399 g/mol. The quantitative estimate of drug-likeness (QED) is 0.760. The molecule has 0 bridgehead atoms. The van der Waals surface area contributed by atoms with Crippen molar-refractivity contribution < 1.29 is 27.4 Å². The second kappa shape index (κ2) is 9.32. The summed E-state index contributed by atoms with van der Waals surface area (Å²) in [4.78, 5) is 20.7. The number of nitrogens with one attached hydrogen (secondary N) is 1. The van der Waals surface area contributed by atoms with Gasteiger partial charge in [-0.1, -0.05) is 6.07 Å². The molecule has 9 heteroatoms. The molecule has 1 aromatic carbocycles. The van der Waals surface area contributed by atoms with Crippen molar-refractivity contribution in [3.05, 3.63) is 47.3 Å². The lowest BCUT2D eigenvalue weighted by Gasteiger charge is -2.29. The molecule has 3 rings (SSSR count). The fourth-order valence-corrected chi connectivity index (χ4v) is 3.40. The van der Waals surface area contributed by atoms with Gasteiger partial charge in [-0.15, -0.1) is 0 Å². The average Bonchev–Trinajstić information content (AvgIpc) is 2.67. The fraction of sp³-hybridized carbons (Fsp3) is 0.476. The largest absolute Gasteiger partial charge is 0.484 e. The van der Waals surface area contributed by atoms with Crippen molar-refractivity contribution in [1.29, 1.82) is 0 Å². The number of hydrogen-bond acceptors (Lipinski definition) is 5. The Labute approximate surface area is 172 Å². The van der Waals surface area contributed by atoms with Crippen LogP contribution in [0.5, 0.6) is 11.8 Å². The first-order chi connectivity index (χ1) is 14.2. The highest BCUT2D eigenvalue weighted by Crippen LogP contribution is 2.31. The van der Waals surface area contributed by atoms with E-state index < -0.39 is 11.7 Å². The van der Waals surface area contributed by atoms with Crippen molar-refractivity contribution in [3.63, 3.8) is 0 Å². The monoisotopic (exact) mass is 423 g/mol. The zero-order valence-corrected chi connectivity index (χ0v) is 16.8. The smallest absolute Gasteiger partial charge is 0.416 e. The minimum absolute atomic E-state index is 0.00512. The van der Waals surface area contributed by atoms with Gasteiger partial charge in [0.25, 0.3) is 5.91 Å². The third kappa shape index (κ3) is 6.33. The van der Waals surface area contributed by atoms with E-state index in [1.807, 2.05) is 19.9 Å². The molecule has 0 aliphatic heterocycles. The van der Waals surface area contributed by atoms with Crippen molar-refractivity contribution in [2.45, 2.75) is 57.9 Å². The van der Waals surface area contributed by atoms with Gasteiger partial charge >= 0.3 is 12.2 Å². The first kappa shape index (κ1) is 21.9. The molecule has 0 atom stereocenters. The number of alkyl halides is 3. The normalized spacial score (nSPS) is 19.2. The number of aromatic nitrogens is 2. The van der Waals surface area contributed by atoms with Crippen molar-refractivity contribution >= 4 is 5.91 Å². The Kier molecular flexibility index (Phi) is 6.79. The van der Waals surface area contributed by atoms with E-state index in [-0.39, 0.29) is 30.4 Å². The predicted octanol–water partition coefficient (Wildman–Crippen LogP) is 4.00. The molecule has 1 heterocycles. The highest BCUT2D eigenvalue weighted by Gasteiger charge is 2.30. The second-order valence-corrected chi connectivity index (χ2v) is 7.41. The highest BCUT2D eigenvalue weighted by molar-refractivity contribution is 5.77. The molecule has 0 unspecified atom stereocenters. The summed E-state index contributed by atoms with van der Waals surface area (Å²) in [6, 6.07) is 6.69. The number of amides is 1. The summed E-state index contributed by atoms with van der Waals surface area (Å²) in [5.41, 5.74) is 0.880. The highest BCUT2D eigenvalue weighted by atomic mass is 19.4. The Balaban J connectivity index is 1.42. The first-order valence-electron chi connectivity index (χ1n) is 9.77. The summed E-state index contributed by atoms with van der Waals surface area (Å²) in [7, 11) is 0. The Hall–Kier alpha value is -2.84. The predicted molar refractivity (Wildman–Crippen MR) is 103 cm³/mol. The number of nitrogens with zero attached hydrogens (tertiary/aromatic N) is 2. The number of carbonyl (C=O) groups is 1. The third-order valence-corrected chi connectivity index (χ3v) is 4.80. The Morgan fingerprint density at radius 2 is 1.77 bits per heavy atom. The van der Waals surface area contributed by atoms with Crippen LogP contribution in [0.1, 0.15) is 42.6 Å². The van der Waals surface area contributed by atoms with Crippen LogP contribution in [0.2, 0.25) is 0 Å². The van der Waals surface area contributed by atoms with Crippen LogP contribution in [0.3, 0.4) is 0 Å². The fourth-order valence-electron chi connectivity index (χ4n) is 3.40. The molecule has 1 aromatic heterocycles. The Bertz CT molecular complexity index is 861. The van der Waals surface area contributed by atoms with Crippen LogP contribution >= 0.6 is 0 Å². The van der Waals surface area contributed by atoms with Gasteiger partial charge in [0.15, 0.2) is 6.61 Å². The van der Waals surface area contributed by atoms with Crippen LogP contribution < -0.4 is 14.8 Å². The molecule has 1 N–H and O–H groups in total. The van der Waals surface area contributed by atoms with E-state index in [0.717, 1.165) is 49.2 Å². The van der Waals surface area contributed by atoms with E-state index in [0.29, 0.717) is 6.01 Å². The lowest BCUT2D eigenvalue weighted by atomic mass is 9.93. The SMILES string of the molecule is Cc1cc(C)nc(OC2CCC(NC(=O)COc3cccc(C(F)(F)F)c3)CC2)n1. The first-order valence-corrected chi connectivity index (χ1v) is 9.77. The van der Waals surface area contributed by atoms with Gasteiger partial charge in [-0.2, -0.15) is 13.2 Å². The Morgan fingerprint density at radius 1 is 1.10 bits per heavy atom. The number of halogens is 3. The van der Waals surface area contributed by atoms with Crippen molar-refractivity contribution in [3.8, 4) is 11.8 Å². The zero-order valence-electron chi connectivity index (χ0n) is 16.8. The minimum Gasteiger partial charge on any atom is -0.484 e. The number of hydrogen-bond donors (Lipinski definition) is 1. The molecule has 162 valence electrons. The van der Waals surface area contributed by atoms with E-state index in [1.165, 1.54) is 12.1 Å². The van der Waals surface area contributed by atoms with Gasteiger partial charge in [-0.25, -0.2) is 9.97 Å². The van der Waals surface area contributed by atoms with E-state index in [2.05, 4.69) is 15.3 Å². The van der Waals surface area contributed by atoms with Crippen molar-refractivity contribution in [1.82, 2.24) is 15.3 Å². The summed E-state index contributed by atoms with van der Waals surface area (Å²) < 4.78 is 49.3. The molecule has 0 radical (unpaired) electrons. The molecule has 0 spiro atoms. The zero-order chi connectivity index (χ0) is 21.7. The number of aryl methyl sites for hydroxylation is 2. The number of rotatable bonds is 6. The van der Waals surface area contributed by atoms with Crippen LogP contribution in [-0.2, 0) is 11.0 Å². The summed E-state index contributed by atoms with van der Waals surface area (Å²) in [5, 5.41) is 2.86. The van der Waals surface area contributed by atoms with Gasteiger partial charge in [-0.05, 0) is 63.8 Å². The summed E-state index contributed by atoms with van der Waals surface area (Å²) in [5.74, 6) is -0.361. The second-order valence-electron chi connectivity index (χ2n) is 7.41. The van der Waals surface area contributed by atoms with Crippen LogP contribution in [-0.4, -0.2) is 34.6 Å². The minimum atomic E-state index is -4.45. The van der Waals surface area contributed by atoms with E-state index in [1.54, 1.807) is 0 Å². The molecular formula is C21H24F3N3O3. The number of carbonyl (C=O) groups excluding carboxylic acids is 1. The Morgan fingerprint density at radius 3 is 2.40 bits per heavy atom. The molecule has 0 saturated heterocycles. The summed E-state index contributed by atoms with van der Waals surface area (Å²) >= 11 is 0. The molecule has 30 heavy (non-hydrogen) atoms. The molecule has 6 nitrogen and oxygen atoms in total. The van der Waals surface area contributed by atoms with Gasteiger partial charge < -0.3 is 14.8 Å².